The molecule has 154 valence electrons. The predicted molar refractivity (Wildman–Crippen MR) is 82.4 cm³/mol. The first-order chi connectivity index (χ1) is 11.9. The molecule has 0 aromatic heterocycles. The molecule has 9 heteroatoms. The average Bonchev–Trinajstić information content (AvgIpc) is 2.84. The maximum absolute atomic E-state index is 13.9. The van der Waals surface area contributed by atoms with Crippen molar-refractivity contribution < 1.29 is 40.3 Å². The van der Waals surface area contributed by atoms with E-state index in [4.69, 9.17) is 0 Å². The molecule has 0 spiro atoms. The minimum atomic E-state index is -6.61. The van der Waals surface area contributed by atoms with Crippen LogP contribution in [-0.4, -0.2) is 29.6 Å². The molecule has 0 N–H and O–H groups in total. The monoisotopic (exact) mass is 402 g/mol. The number of hydrogen-bond donors (Lipinski definition) is 0. The van der Waals surface area contributed by atoms with Crippen LogP contribution in [0.15, 0.2) is 12.2 Å². The number of fused-ring (bicyclic) bond motifs is 2. The molecule has 0 aliphatic heterocycles. The molecule has 1 unspecified atom stereocenters. The van der Waals surface area contributed by atoms with Gasteiger partial charge >= 0.3 is 18.0 Å². The lowest BCUT2D eigenvalue weighted by Gasteiger charge is -2.33. The van der Waals surface area contributed by atoms with E-state index in [2.05, 4.69) is 0 Å². The van der Waals surface area contributed by atoms with Gasteiger partial charge in [-0.3, -0.25) is 9.59 Å². The van der Waals surface area contributed by atoms with Gasteiger partial charge in [0, 0.05) is 0 Å². The Labute approximate surface area is 152 Å². The highest BCUT2D eigenvalue weighted by molar-refractivity contribution is 6.11. The third-order valence-corrected chi connectivity index (χ3v) is 6.16. The number of hydrogen-bond acceptors (Lipinski definition) is 2. The summed E-state index contributed by atoms with van der Waals surface area (Å²) >= 11 is 0. The molecule has 0 heterocycles. The molecule has 0 aromatic carbocycles. The van der Waals surface area contributed by atoms with Crippen molar-refractivity contribution in [2.75, 3.05) is 0 Å². The second kappa shape index (κ2) is 6.04. The highest BCUT2D eigenvalue weighted by atomic mass is 19.4. The third kappa shape index (κ3) is 2.75. The van der Waals surface area contributed by atoms with Crippen molar-refractivity contribution in [3.05, 3.63) is 12.2 Å². The van der Waals surface area contributed by atoms with Crippen LogP contribution in [0.25, 0.3) is 0 Å². The van der Waals surface area contributed by atoms with Gasteiger partial charge in [0.25, 0.3) is 0 Å². The van der Waals surface area contributed by atoms with Crippen LogP contribution in [-0.2, 0) is 9.59 Å². The van der Waals surface area contributed by atoms with E-state index in [0.717, 1.165) is 0 Å². The van der Waals surface area contributed by atoms with Crippen molar-refractivity contribution in [1.82, 2.24) is 0 Å². The summed E-state index contributed by atoms with van der Waals surface area (Å²) in [5.74, 6) is -19.4. The molecule has 2 bridgehead atoms. The van der Waals surface area contributed by atoms with E-state index in [1.807, 2.05) is 0 Å². The Hall–Kier alpha value is -1.41. The number of allylic oxidation sites excluding steroid dienone is 2. The summed E-state index contributed by atoms with van der Waals surface area (Å²) in [4.78, 5) is 25.0. The van der Waals surface area contributed by atoms with Gasteiger partial charge in [-0.25, -0.2) is 0 Å². The highest BCUT2D eigenvalue weighted by Crippen LogP contribution is 2.67. The van der Waals surface area contributed by atoms with Gasteiger partial charge in [-0.1, -0.05) is 39.8 Å². The Bertz CT molecular complexity index is 676. The van der Waals surface area contributed by atoms with E-state index in [0.29, 0.717) is 0 Å². The fourth-order valence-electron chi connectivity index (χ4n) is 4.45. The molecule has 0 radical (unpaired) electrons. The number of carbonyl (C=O) groups is 2. The zero-order valence-corrected chi connectivity index (χ0v) is 15.3. The number of carbonyl (C=O) groups excluding carboxylic acids is 2. The van der Waals surface area contributed by atoms with Crippen LogP contribution >= 0.6 is 0 Å². The van der Waals surface area contributed by atoms with Gasteiger partial charge in [0.05, 0.1) is 11.3 Å². The lowest BCUT2D eigenvalue weighted by molar-refractivity contribution is -0.344. The standard InChI is InChI=1S/C18H21F7O2/c1-9(2)5-7-15-8-6-10(14(15,3)4)11(12(15)26)13(27)16(19,20)17(21,22)18(23,24)25/h5,7,9-11H,6,8H2,1-4H3/b7-5-/t10-,11?,15-/m1/s1. The fraction of sp³-hybridized carbons (Fsp3) is 0.778. The van der Waals surface area contributed by atoms with E-state index >= 15 is 0 Å². The van der Waals surface area contributed by atoms with E-state index in [1.165, 1.54) is 6.08 Å². The molecule has 2 aliphatic carbocycles. The summed E-state index contributed by atoms with van der Waals surface area (Å²) in [7, 11) is 0. The number of Topliss-reactive ketones (excluding diaryl/α,β-unsaturated/α-hetero) is 2. The lowest BCUT2D eigenvalue weighted by atomic mass is 9.68. The Kier molecular flexibility index (Phi) is 4.90. The summed E-state index contributed by atoms with van der Waals surface area (Å²) in [6.45, 7) is 6.71. The van der Waals surface area contributed by atoms with E-state index in [9.17, 15) is 40.3 Å². The first-order valence-electron chi connectivity index (χ1n) is 8.55. The maximum Gasteiger partial charge on any atom is 0.460 e. The molecule has 0 aromatic rings. The van der Waals surface area contributed by atoms with Crippen LogP contribution in [0.5, 0.6) is 0 Å². The summed E-state index contributed by atoms with van der Waals surface area (Å²) in [5.41, 5.74) is -2.34. The van der Waals surface area contributed by atoms with Crippen LogP contribution in [0, 0.1) is 28.6 Å². The van der Waals surface area contributed by atoms with Crippen LogP contribution in [0.2, 0.25) is 0 Å². The normalized spacial score (nSPS) is 31.3. The van der Waals surface area contributed by atoms with Crippen molar-refractivity contribution in [2.24, 2.45) is 28.6 Å². The second-order valence-corrected chi connectivity index (χ2v) is 8.29. The zero-order chi connectivity index (χ0) is 21.2. The van der Waals surface area contributed by atoms with Gasteiger partial charge in [-0.05, 0) is 30.1 Å². The number of alkyl halides is 7. The van der Waals surface area contributed by atoms with Gasteiger partial charge in [0.15, 0.2) is 5.78 Å². The molecule has 0 saturated heterocycles. The average molecular weight is 402 g/mol. The first-order valence-corrected chi connectivity index (χ1v) is 8.55. The number of halogens is 7. The third-order valence-electron chi connectivity index (χ3n) is 6.16. The zero-order valence-electron chi connectivity index (χ0n) is 15.3. The predicted octanol–water partition coefficient (Wildman–Crippen LogP) is 5.22. The molecule has 3 atom stereocenters. The van der Waals surface area contributed by atoms with Gasteiger partial charge in [-0.15, -0.1) is 0 Å². The van der Waals surface area contributed by atoms with Crippen molar-refractivity contribution in [2.45, 2.75) is 58.6 Å². The van der Waals surface area contributed by atoms with Gasteiger partial charge in [0.1, 0.15) is 0 Å². The molecule has 2 nitrogen and oxygen atoms in total. The van der Waals surface area contributed by atoms with Gasteiger partial charge in [0.2, 0.25) is 5.78 Å². The minimum absolute atomic E-state index is 0.00668. The van der Waals surface area contributed by atoms with Crippen molar-refractivity contribution in [1.29, 1.82) is 0 Å². The first kappa shape index (κ1) is 21.9. The van der Waals surface area contributed by atoms with Crippen LogP contribution in [0.3, 0.4) is 0 Å². The van der Waals surface area contributed by atoms with Crippen LogP contribution in [0.4, 0.5) is 30.7 Å². The molecular formula is C18H21F7O2. The number of ketones is 2. The van der Waals surface area contributed by atoms with Crippen molar-refractivity contribution in [3.8, 4) is 0 Å². The summed E-state index contributed by atoms with van der Waals surface area (Å²) < 4.78 is 91.7. The Morgan fingerprint density at radius 1 is 1.11 bits per heavy atom. The van der Waals surface area contributed by atoms with Gasteiger partial charge in [-0.2, -0.15) is 30.7 Å². The molecule has 2 aliphatic rings. The molecule has 2 rings (SSSR count). The summed E-state index contributed by atoms with van der Waals surface area (Å²) in [6.07, 6.45) is -3.11. The molecule has 0 amide bonds. The second-order valence-electron chi connectivity index (χ2n) is 8.29. The molecule has 2 saturated carbocycles. The maximum atomic E-state index is 13.9. The van der Waals surface area contributed by atoms with E-state index < -0.39 is 52.3 Å². The summed E-state index contributed by atoms with van der Waals surface area (Å²) in [5, 5.41) is 0. The molecule has 27 heavy (non-hydrogen) atoms. The van der Waals surface area contributed by atoms with E-state index in [1.54, 1.807) is 33.8 Å². The molecule has 2 fully saturated rings. The highest BCUT2D eigenvalue weighted by Gasteiger charge is 2.79. The number of rotatable bonds is 5. The van der Waals surface area contributed by atoms with E-state index in [-0.39, 0.29) is 18.8 Å². The SMILES string of the molecule is CC(C)/C=C\[C@@]12CC[C@H](C(C(=O)C(F)(F)C(F)(F)C(F)(F)F)C1=O)C2(C)C. The van der Waals surface area contributed by atoms with Crippen LogP contribution < -0.4 is 0 Å². The quantitative estimate of drug-likeness (QED) is 0.359. The minimum Gasteiger partial charge on any atom is -0.298 e. The topological polar surface area (TPSA) is 34.1 Å². The lowest BCUT2D eigenvalue weighted by Crippen LogP contribution is -2.59. The summed E-state index contributed by atoms with van der Waals surface area (Å²) in [6, 6.07) is 0. The fourth-order valence-corrected chi connectivity index (χ4v) is 4.45. The largest absolute Gasteiger partial charge is 0.460 e. The Morgan fingerprint density at radius 3 is 2.07 bits per heavy atom. The Morgan fingerprint density at radius 2 is 1.63 bits per heavy atom. The molecular weight excluding hydrogens is 381 g/mol. The Balaban J connectivity index is 2.50. The van der Waals surface area contributed by atoms with Crippen LogP contribution in [0.1, 0.15) is 40.5 Å². The van der Waals surface area contributed by atoms with Crippen molar-refractivity contribution >= 4 is 11.6 Å². The van der Waals surface area contributed by atoms with Gasteiger partial charge < -0.3 is 0 Å². The smallest absolute Gasteiger partial charge is 0.298 e. The van der Waals surface area contributed by atoms with Crippen molar-refractivity contribution in [3.63, 3.8) is 0 Å².